The molecule has 1 aliphatic rings. The second kappa shape index (κ2) is 11.7. The van der Waals surface area contributed by atoms with Gasteiger partial charge in [-0.1, -0.05) is 27.2 Å². The summed E-state index contributed by atoms with van der Waals surface area (Å²) in [5, 5.41) is 16.8. The summed E-state index contributed by atoms with van der Waals surface area (Å²) in [5.74, 6) is 2.20. The van der Waals surface area contributed by atoms with Crippen LogP contribution >= 0.6 is 0 Å². The van der Waals surface area contributed by atoms with E-state index in [1.165, 1.54) is 32.1 Å². The standard InChI is InChI=1S/C18H37N3O2/c1-5-15-7-9-16(10-8-15)21-18(19-6-2)20-11-17(22)13-23-12-14(3)4/h14-17,22H,5-13H2,1-4H3,(H2,19,20,21). The summed E-state index contributed by atoms with van der Waals surface area (Å²) in [5.41, 5.74) is 0. The fourth-order valence-corrected chi connectivity index (χ4v) is 2.92. The number of aliphatic hydroxyl groups excluding tert-OH is 1. The third kappa shape index (κ3) is 9.16. The minimum atomic E-state index is -0.542. The molecule has 1 aliphatic carbocycles. The second-order valence-electron chi connectivity index (χ2n) is 7.07. The summed E-state index contributed by atoms with van der Waals surface area (Å²) >= 11 is 0. The van der Waals surface area contributed by atoms with Crippen LogP contribution in [0.3, 0.4) is 0 Å². The van der Waals surface area contributed by atoms with Crippen LogP contribution in [-0.4, -0.2) is 49.5 Å². The lowest BCUT2D eigenvalue weighted by atomic mass is 9.84. The summed E-state index contributed by atoms with van der Waals surface area (Å²) in [6, 6.07) is 0.505. The van der Waals surface area contributed by atoms with E-state index < -0.39 is 6.10 Å². The second-order valence-corrected chi connectivity index (χ2v) is 7.07. The fourth-order valence-electron chi connectivity index (χ4n) is 2.92. The third-order valence-corrected chi connectivity index (χ3v) is 4.33. The molecule has 1 fully saturated rings. The minimum Gasteiger partial charge on any atom is -0.389 e. The van der Waals surface area contributed by atoms with Crippen LogP contribution in [0.25, 0.3) is 0 Å². The van der Waals surface area contributed by atoms with Crippen LogP contribution in [0, 0.1) is 11.8 Å². The van der Waals surface area contributed by atoms with Gasteiger partial charge in [-0.2, -0.15) is 0 Å². The Kier molecular flexibility index (Phi) is 10.3. The first kappa shape index (κ1) is 20.2. The van der Waals surface area contributed by atoms with Crippen molar-refractivity contribution in [3.8, 4) is 0 Å². The molecule has 0 amide bonds. The highest BCUT2D eigenvalue weighted by Crippen LogP contribution is 2.26. The number of aliphatic hydroxyl groups is 1. The zero-order valence-electron chi connectivity index (χ0n) is 15.5. The fraction of sp³-hybridized carbons (Fsp3) is 0.944. The van der Waals surface area contributed by atoms with E-state index in [0.717, 1.165) is 18.4 Å². The topological polar surface area (TPSA) is 65.9 Å². The van der Waals surface area contributed by atoms with E-state index in [4.69, 9.17) is 4.74 Å². The third-order valence-electron chi connectivity index (χ3n) is 4.33. The molecule has 1 rings (SSSR count). The van der Waals surface area contributed by atoms with Gasteiger partial charge in [0.2, 0.25) is 0 Å². The molecule has 1 unspecified atom stereocenters. The molecule has 0 aromatic carbocycles. The van der Waals surface area contributed by atoms with Gasteiger partial charge in [0.15, 0.2) is 5.96 Å². The van der Waals surface area contributed by atoms with Gasteiger partial charge in [0.1, 0.15) is 0 Å². The monoisotopic (exact) mass is 327 g/mol. The lowest BCUT2D eigenvalue weighted by Gasteiger charge is -2.29. The van der Waals surface area contributed by atoms with Gasteiger partial charge < -0.3 is 20.5 Å². The molecule has 0 aromatic rings. The molecule has 1 saturated carbocycles. The van der Waals surface area contributed by atoms with E-state index in [1.807, 2.05) is 0 Å². The lowest BCUT2D eigenvalue weighted by molar-refractivity contribution is 0.0301. The Morgan fingerprint density at radius 1 is 1.17 bits per heavy atom. The normalized spacial score (nSPS) is 23.8. The Morgan fingerprint density at radius 3 is 2.43 bits per heavy atom. The van der Waals surface area contributed by atoms with E-state index in [1.54, 1.807) is 0 Å². The van der Waals surface area contributed by atoms with Crippen molar-refractivity contribution in [2.45, 2.75) is 71.9 Å². The van der Waals surface area contributed by atoms with Gasteiger partial charge in [0, 0.05) is 19.2 Å². The Hall–Kier alpha value is -0.810. The van der Waals surface area contributed by atoms with Crippen molar-refractivity contribution in [3.05, 3.63) is 0 Å². The number of rotatable bonds is 9. The molecular weight excluding hydrogens is 290 g/mol. The molecule has 0 saturated heterocycles. The number of nitrogens with one attached hydrogen (secondary N) is 2. The summed E-state index contributed by atoms with van der Waals surface area (Å²) in [6.45, 7) is 10.8. The van der Waals surface area contributed by atoms with Gasteiger partial charge >= 0.3 is 0 Å². The first-order valence-electron chi connectivity index (χ1n) is 9.35. The highest BCUT2D eigenvalue weighted by Gasteiger charge is 2.20. The van der Waals surface area contributed by atoms with Crippen LogP contribution in [0.4, 0.5) is 0 Å². The zero-order chi connectivity index (χ0) is 17.1. The molecule has 1 atom stereocenters. The minimum absolute atomic E-state index is 0.350. The molecule has 5 nitrogen and oxygen atoms in total. The van der Waals surface area contributed by atoms with Gasteiger partial charge in [-0.15, -0.1) is 0 Å². The van der Waals surface area contributed by atoms with Gasteiger partial charge in [-0.3, -0.25) is 4.99 Å². The van der Waals surface area contributed by atoms with Gasteiger partial charge in [-0.25, -0.2) is 0 Å². The average Bonchev–Trinajstić information content (AvgIpc) is 2.53. The summed E-state index contributed by atoms with van der Waals surface area (Å²) in [6.07, 6.45) is 5.79. The predicted molar refractivity (Wildman–Crippen MR) is 96.8 cm³/mol. The van der Waals surface area contributed by atoms with Crippen molar-refractivity contribution >= 4 is 5.96 Å². The molecular formula is C18H37N3O2. The van der Waals surface area contributed by atoms with Crippen molar-refractivity contribution in [1.29, 1.82) is 0 Å². The van der Waals surface area contributed by atoms with E-state index in [9.17, 15) is 5.11 Å². The molecule has 0 aromatic heterocycles. The predicted octanol–water partition coefficient (Wildman–Crippen LogP) is 2.54. The van der Waals surface area contributed by atoms with Crippen molar-refractivity contribution in [1.82, 2.24) is 10.6 Å². The smallest absolute Gasteiger partial charge is 0.191 e. The molecule has 0 aliphatic heterocycles. The summed E-state index contributed by atoms with van der Waals surface area (Å²) in [7, 11) is 0. The Morgan fingerprint density at radius 2 is 1.87 bits per heavy atom. The number of hydrogen-bond acceptors (Lipinski definition) is 3. The largest absolute Gasteiger partial charge is 0.389 e. The molecule has 0 bridgehead atoms. The van der Waals surface area contributed by atoms with E-state index in [0.29, 0.717) is 31.7 Å². The van der Waals surface area contributed by atoms with E-state index in [-0.39, 0.29) is 0 Å². The molecule has 136 valence electrons. The quantitative estimate of drug-likeness (QED) is 0.450. The van der Waals surface area contributed by atoms with Crippen molar-refractivity contribution in [2.24, 2.45) is 16.8 Å². The number of hydrogen-bond donors (Lipinski definition) is 3. The van der Waals surface area contributed by atoms with Crippen LogP contribution in [-0.2, 0) is 4.74 Å². The molecule has 23 heavy (non-hydrogen) atoms. The number of aliphatic imine (C=N–C) groups is 1. The van der Waals surface area contributed by atoms with Crippen LogP contribution in [0.2, 0.25) is 0 Å². The first-order valence-corrected chi connectivity index (χ1v) is 9.35. The Labute approximate surface area is 142 Å². The van der Waals surface area contributed by atoms with E-state index in [2.05, 4.69) is 43.3 Å². The summed E-state index contributed by atoms with van der Waals surface area (Å²) in [4.78, 5) is 4.51. The van der Waals surface area contributed by atoms with Gasteiger partial charge in [0.25, 0.3) is 0 Å². The maximum absolute atomic E-state index is 9.96. The molecule has 5 heteroatoms. The Balaban J connectivity index is 2.35. The van der Waals surface area contributed by atoms with Crippen molar-refractivity contribution in [2.75, 3.05) is 26.3 Å². The number of nitrogens with zero attached hydrogens (tertiary/aromatic N) is 1. The maximum Gasteiger partial charge on any atom is 0.191 e. The lowest BCUT2D eigenvalue weighted by Crippen LogP contribution is -2.45. The first-order chi connectivity index (χ1) is 11.0. The number of ether oxygens (including phenoxy) is 1. The molecule has 0 radical (unpaired) electrons. The van der Waals surface area contributed by atoms with Gasteiger partial charge in [0.05, 0.1) is 19.3 Å². The average molecular weight is 328 g/mol. The van der Waals surface area contributed by atoms with Crippen molar-refractivity contribution in [3.63, 3.8) is 0 Å². The number of guanidine groups is 1. The molecule has 0 heterocycles. The maximum atomic E-state index is 9.96. The molecule has 0 spiro atoms. The highest BCUT2D eigenvalue weighted by molar-refractivity contribution is 5.80. The van der Waals surface area contributed by atoms with Crippen LogP contribution in [0.5, 0.6) is 0 Å². The van der Waals surface area contributed by atoms with Crippen LogP contribution in [0.15, 0.2) is 4.99 Å². The highest BCUT2D eigenvalue weighted by atomic mass is 16.5. The van der Waals surface area contributed by atoms with Gasteiger partial charge in [-0.05, 0) is 44.4 Å². The zero-order valence-corrected chi connectivity index (χ0v) is 15.5. The van der Waals surface area contributed by atoms with Crippen LogP contribution < -0.4 is 10.6 Å². The van der Waals surface area contributed by atoms with E-state index >= 15 is 0 Å². The van der Waals surface area contributed by atoms with Crippen molar-refractivity contribution < 1.29 is 9.84 Å². The SMILES string of the molecule is CCNC(=NCC(O)COCC(C)C)NC1CCC(CC)CC1. The summed E-state index contributed by atoms with van der Waals surface area (Å²) < 4.78 is 5.46. The Bertz CT molecular complexity index is 326. The molecule has 3 N–H and O–H groups in total. The van der Waals surface area contributed by atoms with Crippen LogP contribution in [0.1, 0.15) is 59.8 Å².